The van der Waals surface area contributed by atoms with Gasteiger partial charge in [0.15, 0.2) is 0 Å². The molecule has 3 amide bonds. The molecule has 2 aliphatic heterocycles. The van der Waals surface area contributed by atoms with Crippen LogP contribution < -0.4 is 10.6 Å². The number of nitrogens with one attached hydrogen (secondary N) is 2. The summed E-state index contributed by atoms with van der Waals surface area (Å²) >= 11 is 0. The fourth-order valence-corrected chi connectivity index (χ4v) is 2.09. The van der Waals surface area contributed by atoms with Crippen LogP contribution in [0.5, 0.6) is 0 Å². The Kier molecular flexibility index (Phi) is 1.76. The largest absolute Gasteiger partial charge is 0.322 e. The Hall–Kier alpha value is -1.10. The van der Waals surface area contributed by atoms with Gasteiger partial charge in [-0.25, -0.2) is 4.79 Å². The van der Waals surface area contributed by atoms with E-state index in [4.69, 9.17) is 0 Å². The van der Waals surface area contributed by atoms with E-state index in [-0.39, 0.29) is 11.9 Å². The molecule has 1 spiro atoms. The van der Waals surface area contributed by atoms with Crippen molar-refractivity contribution in [2.24, 2.45) is 0 Å². The molecule has 13 heavy (non-hydrogen) atoms. The van der Waals surface area contributed by atoms with E-state index in [0.717, 1.165) is 19.4 Å². The molecule has 0 bridgehead atoms. The van der Waals surface area contributed by atoms with Gasteiger partial charge in [0, 0.05) is 6.54 Å². The Bertz CT molecular complexity index is 266. The van der Waals surface area contributed by atoms with Gasteiger partial charge < -0.3 is 10.2 Å². The van der Waals surface area contributed by atoms with Gasteiger partial charge in [-0.15, -0.1) is 0 Å². The van der Waals surface area contributed by atoms with Crippen LogP contribution >= 0.6 is 0 Å². The van der Waals surface area contributed by atoms with E-state index < -0.39 is 5.54 Å². The Balaban J connectivity index is 2.19. The summed E-state index contributed by atoms with van der Waals surface area (Å²) in [5, 5.41) is 4.99. The molecule has 2 fully saturated rings. The van der Waals surface area contributed by atoms with E-state index in [1.54, 1.807) is 0 Å². The van der Waals surface area contributed by atoms with Crippen molar-refractivity contribution in [1.82, 2.24) is 15.5 Å². The summed E-state index contributed by atoms with van der Waals surface area (Å²) in [6, 6.07) is -0.361. The fraction of sp³-hybridized carbons (Fsp3) is 0.750. The predicted molar refractivity (Wildman–Crippen MR) is 46.1 cm³/mol. The summed E-state index contributed by atoms with van der Waals surface area (Å²) in [5.41, 5.74) is -0.649. The summed E-state index contributed by atoms with van der Waals surface area (Å²) in [6.07, 6.45) is 1.69. The van der Waals surface area contributed by atoms with Gasteiger partial charge in [-0.2, -0.15) is 0 Å². The summed E-state index contributed by atoms with van der Waals surface area (Å²) < 4.78 is 0. The molecular weight excluding hydrogens is 170 g/mol. The van der Waals surface area contributed by atoms with E-state index in [2.05, 4.69) is 15.5 Å². The van der Waals surface area contributed by atoms with Crippen LogP contribution in [0.1, 0.15) is 12.8 Å². The van der Waals surface area contributed by atoms with Crippen LogP contribution in [0.25, 0.3) is 0 Å². The molecular formula is C8H13N3O2. The number of hydrogen-bond donors (Lipinski definition) is 2. The average molecular weight is 183 g/mol. The first-order valence-electron chi connectivity index (χ1n) is 4.45. The highest BCUT2D eigenvalue weighted by Crippen LogP contribution is 2.23. The summed E-state index contributed by atoms with van der Waals surface area (Å²) in [7, 11) is 1.96. The van der Waals surface area contributed by atoms with Crippen LogP contribution in [0, 0.1) is 0 Å². The molecule has 2 aliphatic rings. The maximum Gasteiger partial charge on any atom is 0.322 e. The molecule has 0 aromatic rings. The molecule has 5 nitrogen and oxygen atoms in total. The number of urea groups is 1. The number of rotatable bonds is 0. The maximum absolute atomic E-state index is 11.5. The van der Waals surface area contributed by atoms with Gasteiger partial charge in [-0.3, -0.25) is 10.1 Å². The summed E-state index contributed by atoms with van der Waals surface area (Å²) in [6.45, 7) is 1.61. The molecule has 2 rings (SSSR count). The second-order valence-corrected chi connectivity index (χ2v) is 3.83. The number of likely N-dealkylation sites (N-methyl/N-ethyl adjacent to an activating group) is 1. The topological polar surface area (TPSA) is 61.4 Å². The monoisotopic (exact) mass is 183 g/mol. The molecule has 0 aromatic carbocycles. The lowest BCUT2D eigenvalue weighted by Gasteiger charge is -2.35. The lowest BCUT2D eigenvalue weighted by atomic mass is 9.89. The third-order valence-electron chi connectivity index (χ3n) is 2.70. The quantitative estimate of drug-likeness (QED) is 0.488. The number of imide groups is 1. The lowest BCUT2D eigenvalue weighted by Crippen LogP contribution is -2.57. The second kappa shape index (κ2) is 2.70. The number of piperidine rings is 1. The number of carbonyl (C=O) groups excluding carboxylic acids is 2. The number of amides is 3. The molecule has 5 heteroatoms. The van der Waals surface area contributed by atoms with Gasteiger partial charge in [-0.05, 0) is 26.4 Å². The van der Waals surface area contributed by atoms with Crippen LogP contribution in [0.3, 0.4) is 0 Å². The van der Waals surface area contributed by atoms with Crippen molar-refractivity contribution in [3.05, 3.63) is 0 Å². The standard InChI is InChI=1S/C8H13N3O2/c1-11-4-2-3-8(5-11)6(12)9-7(13)10-8/h2-5H2,1H3,(H2,9,10,12,13). The SMILES string of the molecule is CN1CCCC2(C1)NC(=O)NC2=O. The first kappa shape index (κ1) is 8.50. The Morgan fingerprint density at radius 3 is 2.77 bits per heavy atom. The van der Waals surface area contributed by atoms with Crippen molar-refractivity contribution in [3.63, 3.8) is 0 Å². The number of hydrogen-bond acceptors (Lipinski definition) is 3. The van der Waals surface area contributed by atoms with E-state index in [1.165, 1.54) is 0 Å². The van der Waals surface area contributed by atoms with Gasteiger partial charge in [0.1, 0.15) is 5.54 Å². The lowest BCUT2D eigenvalue weighted by molar-refractivity contribution is -0.125. The highest BCUT2D eigenvalue weighted by molar-refractivity contribution is 6.07. The van der Waals surface area contributed by atoms with Crippen LogP contribution in [0.2, 0.25) is 0 Å². The van der Waals surface area contributed by atoms with Crippen LogP contribution in [-0.2, 0) is 4.79 Å². The van der Waals surface area contributed by atoms with Gasteiger partial charge in [0.05, 0.1) is 0 Å². The van der Waals surface area contributed by atoms with E-state index in [1.807, 2.05) is 7.05 Å². The molecule has 0 aromatic heterocycles. The van der Waals surface area contributed by atoms with Crippen molar-refractivity contribution < 1.29 is 9.59 Å². The maximum atomic E-state index is 11.5. The predicted octanol–water partition coefficient (Wildman–Crippen LogP) is -0.710. The summed E-state index contributed by atoms with van der Waals surface area (Å²) in [5.74, 6) is -0.177. The van der Waals surface area contributed by atoms with Crippen LogP contribution in [-0.4, -0.2) is 42.5 Å². The van der Waals surface area contributed by atoms with Gasteiger partial charge in [0.2, 0.25) is 0 Å². The molecule has 0 radical (unpaired) electrons. The van der Waals surface area contributed by atoms with E-state index in [9.17, 15) is 9.59 Å². The summed E-state index contributed by atoms with van der Waals surface area (Å²) in [4.78, 5) is 24.5. The zero-order chi connectivity index (χ0) is 9.47. The normalized spacial score (nSPS) is 34.8. The zero-order valence-corrected chi connectivity index (χ0v) is 7.59. The van der Waals surface area contributed by atoms with Gasteiger partial charge >= 0.3 is 6.03 Å². The average Bonchev–Trinajstić information content (AvgIpc) is 2.26. The Morgan fingerprint density at radius 1 is 1.46 bits per heavy atom. The third kappa shape index (κ3) is 1.29. The molecule has 2 saturated heterocycles. The van der Waals surface area contributed by atoms with Crippen molar-refractivity contribution in [2.75, 3.05) is 20.1 Å². The van der Waals surface area contributed by atoms with Crippen molar-refractivity contribution >= 4 is 11.9 Å². The van der Waals surface area contributed by atoms with E-state index >= 15 is 0 Å². The highest BCUT2D eigenvalue weighted by Gasteiger charge is 2.47. The number of carbonyl (C=O) groups is 2. The highest BCUT2D eigenvalue weighted by atomic mass is 16.2. The number of nitrogens with zero attached hydrogens (tertiary/aromatic N) is 1. The van der Waals surface area contributed by atoms with Crippen LogP contribution in [0.15, 0.2) is 0 Å². The molecule has 2 N–H and O–H groups in total. The van der Waals surface area contributed by atoms with Crippen LogP contribution in [0.4, 0.5) is 4.79 Å². The van der Waals surface area contributed by atoms with Crippen molar-refractivity contribution in [2.45, 2.75) is 18.4 Å². The Labute approximate surface area is 76.5 Å². The fourth-order valence-electron chi connectivity index (χ4n) is 2.09. The van der Waals surface area contributed by atoms with Crippen molar-refractivity contribution in [3.8, 4) is 0 Å². The molecule has 0 aliphatic carbocycles. The minimum Gasteiger partial charge on any atom is -0.322 e. The third-order valence-corrected chi connectivity index (χ3v) is 2.70. The molecule has 1 atom stereocenters. The number of likely N-dealkylation sites (tertiary alicyclic amines) is 1. The smallest absolute Gasteiger partial charge is 0.322 e. The second-order valence-electron chi connectivity index (χ2n) is 3.83. The van der Waals surface area contributed by atoms with Gasteiger partial charge in [-0.1, -0.05) is 0 Å². The van der Waals surface area contributed by atoms with Gasteiger partial charge in [0.25, 0.3) is 5.91 Å². The molecule has 1 unspecified atom stereocenters. The zero-order valence-electron chi connectivity index (χ0n) is 7.59. The minimum atomic E-state index is -0.649. The molecule has 0 saturated carbocycles. The molecule has 72 valence electrons. The minimum absolute atomic E-state index is 0.177. The Morgan fingerprint density at radius 2 is 2.23 bits per heavy atom. The van der Waals surface area contributed by atoms with E-state index in [0.29, 0.717) is 6.54 Å². The first-order valence-corrected chi connectivity index (χ1v) is 4.45. The molecule has 2 heterocycles. The first-order chi connectivity index (χ1) is 6.12. The van der Waals surface area contributed by atoms with Crippen molar-refractivity contribution in [1.29, 1.82) is 0 Å².